The number of nitrogens with zero attached hydrogens (tertiary/aromatic N) is 4. The summed E-state index contributed by atoms with van der Waals surface area (Å²) in [4.78, 5) is 2.43. The third kappa shape index (κ3) is 3.27. The van der Waals surface area contributed by atoms with Crippen LogP contribution in [0.3, 0.4) is 0 Å². The van der Waals surface area contributed by atoms with Crippen molar-refractivity contribution >= 4 is 28.1 Å². The first-order chi connectivity index (χ1) is 10.1. The van der Waals surface area contributed by atoms with Crippen molar-refractivity contribution in [2.45, 2.75) is 25.9 Å². The van der Waals surface area contributed by atoms with Crippen LogP contribution in [0, 0.1) is 4.77 Å². The van der Waals surface area contributed by atoms with Crippen molar-refractivity contribution in [1.82, 2.24) is 19.2 Å². The van der Waals surface area contributed by atoms with Gasteiger partial charge in [0.15, 0.2) is 10.6 Å². The largest absolute Gasteiger partial charge is 0.303 e. The topological polar surface area (TPSA) is 26.0 Å². The average Bonchev–Trinajstić information content (AvgIpc) is 2.77. The zero-order chi connectivity index (χ0) is 14.8. The summed E-state index contributed by atoms with van der Waals surface area (Å²) in [7, 11) is 1.98. The molecular weight excluding hydrogens is 348 g/mol. The van der Waals surface area contributed by atoms with Crippen LogP contribution in [0.4, 0.5) is 0 Å². The van der Waals surface area contributed by atoms with Crippen LogP contribution in [0.2, 0.25) is 0 Å². The summed E-state index contributed by atoms with van der Waals surface area (Å²) in [5.41, 5.74) is 1.08. The Bertz CT molecular complexity index is 685. The van der Waals surface area contributed by atoms with Gasteiger partial charge < -0.3 is 4.57 Å². The van der Waals surface area contributed by atoms with Crippen LogP contribution in [0.1, 0.15) is 19.3 Å². The number of piperidine rings is 1. The van der Waals surface area contributed by atoms with Gasteiger partial charge in [-0.15, -0.1) is 0 Å². The van der Waals surface area contributed by atoms with Crippen LogP contribution in [0.5, 0.6) is 0 Å². The molecule has 1 fully saturated rings. The first-order valence-corrected chi connectivity index (χ1v) is 8.47. The Morgan fingerprint density at radius 3 is 2.71 bits per heavy atom. The Labute approximate surface area is 138 Å². The van der Waals surface area contributed by atoms with Crippen molar-refractivity contribution in [2.24, 2.45) is 7.05 Å². The molecule has 2 heterocycles. The van der Waals surface area contributed by atoms with Gasteiger partial charge in [-0.3, -0.25) is 4.90 Å². The van der Waals surface area contributed by atoms with Gasteiger partial charge in [0.1, 0.15) is 0 Å². The minimum atomic E-state index is 0.774. The van der Waals surface area contributed by atoms with Crippen molar-refractivity contribution in [3.8, 4) is 11.4 Å². The molecule has 0 bridgehead atoms. The molecule has 1 aromatic heterocycles. The Balaban J connectivity index is 1.90. The van der Waals surface area contributed by atoms with Gasteiger partial charge >= 0.3 is 0 Å². The minimum absolute atomic E-state index is 0.774. The van der Waals surface area contributed by atoms with Gasteiger partial charge in [0, 0.05) is 17.1 Å². The molecule has 0 radical (unpaired) electrons. The zero-order valence-corrected chi connectivity index (χ0v) is 14.5. The summed E-state index contributed by atoms with van der Waals surface area (Å²) in [6.07, 6.45) is 3.89. The van der Waals surface area contributed by atoms with Crippen LogP contribution in [0.15, 0.2) is 28.7 Å². The van der Waals surface area contributed by atoms with Crippen LogP contribution < -0.4 is 0 Å². The first-order valence-electron chi connectivity index (χ1n) is 7.27. The van der Waals surface area contributed by atoms with Gasteiger partial charge in [-0.2, -0.15) is 5.10 Å². The zero-order valence-electron chi connectivity index (χ0n) is 12.1. The maximum atomic E-state index is 5.54. The van der Waals surface area contributed by atoms with Crippen molar-refractivity contribution in [3.63, 3.8) is 0 Å². The maximum Gasteiger partial charge on any atom is 0.199 e. The smallest absolute Gasteiger partial charge is 0.199 e. The van der Waals surface area contributed by atoms with E-state index >= 15 is 0 Å². The van der Waals surface area contributed by atoms with E-state index in [-0.39, 0.29) is 0 Å². The van der Waals surface area contributed by atoms with E-state index in [1.165, 1.54) is 19.3 Å². The van der Waals surface area contributed by atoms with Crippen molar-refractivity contribution < 1.29 is 0 Å². The van der Waals surface area contributed by atoms with Gasteiger partial charge in [0.25, 0.3) is 0 Å². The van der Waals surface area contributed by atoms with E-state index in [1.54, 1.807) is 0 Å². The van der Waals surface area contributed by atoms with Crippen molar-refractivity contribution in [3.05, 3.63) is 33.5 Å². The molecule has 1 aromatic carbocycles. The molecule has 0 spiro atoms. The molecule has 0 N–H and O–H groups in total. The molecule has 1 saturated heterocycles. The van der Waals surface area contributed by atoms with E-state index in [2.05, 4.69) is 33.0 Å². The van der Waals surface area contributed by atoms with Gasteiger partial charge in [-0.1, -0.05) is 34.5 Å². The fourth-order valence-corrected chi connectivity index (χ4v) is 3.33. The Morgan fingerprint density at radius 2 is 2.00 bits per heavy atom. The molecular formula is C15H19BrN4S. The summed E-state index contributed by atoms with van der Waals surface area (Å²) in [6.45, 7) is 3.08. The molecule has 0 amide bonds. The molecule has 0 unspecified atom stereocenters. The normalized spacial score (nSPS) is 16.3. The second-order valence-electron chi connectivity index (χ2n) is 5.50. The van der Waals surface area contributed by atoms with Crippen LogP contribution >= 0.6 is 28.1 Å². The third-order valence-corrected chi connectivity index (χ3v) is 4.88. The van der Waals surface area contributed by atoms with E-state index in [1.807, 2.05) is 28.4 Å². The van der Waals surface area contributed by atoms with Crippen molar-refractivity contribution in [1.29, 1.82) is 0 Å². The molecule has 6 heteroatoms. The summed E-state index contributed by atoms with van der Waals surface area (Å²) in [6, 6.07) is 8.17. The molecule has 3 rings (SSSR count). The van der Waals surface area contributed by atoms with Crippen LogP contribution in [-0.2, 0) is 13.7 Å². The molecule has 0 atom stereocenters. The predicted molar refractivity (Wildman–Crippen MR) is 90.6 cm³/mol. The highest BCUT2D eigenvalue weighted by Gasteiger charge is 2.14. The van der Waals surface area contributed by atoms with Crippen molar-refractivity contribution in [2.75, 3.05) is 13.1 Å². The highest BCUT2D eigenvalue weighted by molar-refractivity contribution is 9.10. The van der Waals surface area contributed by atoms with Gasteiger partial charge in [0.2, 0.25) is 0 Å². The average molecular weight is 367 g/mol. The monoisotopic (exact) mass is 366 g/mol. The first kappa shape index (κ1) is 14.9. The number of likely N-dealkylation sites (tertiary alicyclic amines) is 1. The molecule has 2 aromatic rings. The van der Waals surface area contributed by atoms with Crippen LogP contribution in [-0.4, -0.2) is 32.3 Å². The van der Waals surface area contributed by atoms with E-state index in [0.717, 1.165) is 40.4 Å². The molecule has 1 aliphatic rings. The predicted octanol–water partition coefficient (Wildman–Crippen LogP) is 3.82. The molecule has 21 heavy (non-hydrogen) atoms. The lowest BCUT2D eigenvalue weighted by atomic mass is 10.1. The van der Waals surface area contributed by atoms with Crippen LogP contribution in [0.25, 0.3) is 11.4 Å². The number of hydrogen-bond acceptors (Lipinski definition) is 3. The fourth-order valence-electron chi connectivity index (χ4n) is 2.75. The fraction of sp³-hybridized carbons (Fsp3) is 0.467. The molecule has 0 saturated carbocycles. The van der Waals surface area contributed by atoms with E-state index < -0.39 is 0 Å². The third-order valence-electron chi connectivity index (χ3n) is 3.91. The summed E-state index contributed by atoms with van der Waals surface area (Å²) in [5, 5.41) is 4.73. The SMILES string of the molecule is Cn1c(-c2cccc(Br)c2)nn(CN2CCCCC2)c1=S. The standard InChI is InChI=1S/C15H19BrN4S/c1-18-14(12-6-5-7-13(16)10-12)17-20(15(18)21)11-19-8-3-2-4-9-19/h5-7,10H,2-4,8-9,11H2,1H3. The summed E-state index contributed by atoms with van der Waals surface area (Å²) in [5.74, 6) is 0.915. The molecule has 1 aliphatic heterocycles. The number of hydrogen-bond donors (Lipinski definition) is 0. The van der Waals surface area contributed by atoms with Gasteiger partial charge in [0.05, 0.1) is 6.67 Å². The molecule has 112 valence electrons. The number of halogens is 1. The maximum absolute atomic E-state index is 5.54. The van der Waals surface area contributed by atoms with E-state index in [0.29, 0.717) is 0 Å². The van der Waals surface area contributed by atoms with E-state index in [4.69, 9.17) is 17.3 Å². The lowest BCUT2D eigenvalue weighted by Crippen LogP contribution is -2.32. The number of benzene rings is 1. The molecule has 0 aliphatic carbocycles. The Kier molecular flexibility index (Phi) is 4.57. The van der Waals surface area contributed by atoms with E-state index in [9.17, 15) is 0 Å². The highest BCUT2D eigenvalue weighted by atomic mass is 79.9. The lowest BCUT2D eigenvalue weighted by molar-refractivity contribution is 0.172. The number of rotatable bonds is 3. The summed E-state index contributed by atoms with van der Waals surface area (Å²) >= 11 is 9.05. The Hall–Kier alpha value is -0.980. The Morgan fingerprint density at radius 1 is 1.24 bits per heavy atom. The summed E-state index contributed by atoms with van der Waals surface area (Å²) < 4.78 is 5.75. The highest BCUT2D eigenvalue weighted by Crippen LogP contribution is 2.21. The molecule has 4 nitrogen and oxygen atoms in total. The van der Waals surface area contributed by atoms with Gasteiger partial charge in [-0.05, 0) is 50.3 Å². The lowest BCUT2D eigenvalue weighted by Gasteiger charge is -2.25. The second kappa shape index (κ2) is 6.42. The second-order valence-corrected chi connectivity index (χ2v) is 6.78. The minimum Gasteiger partial charge on any atom is -0.303 e. The number of aromatic nitrogens is 3. The quantitative estimate of drug-likeness (QED) is 0.772. The van der Waals surface area contributed by atoms with Gasteiger partial charge in [-0.25, -0.2) is 4.68 Å².